The lowest BCUT2D eigenvalue weighted by Gasteiger charge is -2.38. The van der Waals surface area contributed by atoms with Gasteiger partial charge in [-0.3, -0.25) is 4.99 Å². The molecule has 0 saturated carbocycles. The first-order valence-corrected chi connectivity index (χ1v) is 10.3. The maximum Gasteiger partial charge on any atom is 0.193 e. The number of aliphatic imine (C=N–C) groups is 1. The van der Waals surface area contributed by atoms with Crippen molar-refractivity contribution in [3.05, 3.63) is 29.3 Å². The van der Waals surface area contributed by atoms with Gasteiger partial charge in [0.05, 0.1) is 0 Å². The van der Waals surface area contributed by atoms with Crippen LogP contribution in [0.2, 0.25) is 0 Å². The van der Waals surface area contributed by atoms with Crippen LogP contribution in [0.3, 0.4) is 0 Å². The molecule has 1 aromatic carbocycles. The molecule has 0 aromatic heterocycles. The minimum Gasteiger partial charge on any atom is -0.368 e. The van der Waals surface area contributed by atoms with Crippen molar-refractivity contribution >= 4 is 47.4 Å². The van der Waals surface area contributed by atoms with Crippen LogP contribution < -0.4 is 10.2 Å². The first-order valence-electron chi connectivity index (χ1n) is 8.93. The Hall–Kier alpha value is -0.630. The highest BCUT2D eigenvalue weighted by atomic mass is 127. The number of thioether (sulfide) groups is 1. The molecule has 1 N–H and O–H groups in total. The summed E-state index contributed by atoms with van der Waals surface area (Å²) < 4.78 is 0. The molecule has 1 aliphatic rings. The lowest BCUT2D eigenvalue weighted by atomic mass is 10.1. The molecule has 1 saturated heterocycles. The Bertz CT molecular complexity index is 542. The molecule has 0 spiro atoms. The third kappa shape index (κ3) is 6.55. The van der Waals surface area contributed by atoms with Gasteiger partial charge < -0.3 is 15.1 Å². The molecule has 0 atom stereocenters. The zero-order chi connectivity index (χ0) is 17.4. The SMILES string of the molecule is CN=C(NCCCCSC)N1CCN(c2cccc(C)c2C)CC1.I. The standard InChI is InChI=1S/C19H32N4S.HI/c1-16-8-7-9-18(17(16)2)22-11-13-23(14-12-22)19(20-3)21-10-5-6-15-24-4;/h7-9H,5-6,10-15H2,1-4H3,(H,20,21);1H. The summed E-state index contributed by atoms with van der Waals surface area (Å²) in [7, 11) is 1.89. The van der Waals surface area contributed by atoms with Gasteiger partial charge in [-0.05, 0) is 55.9 Å². The maximum absolute atomic E-state index is 4.47. The zero-order valence-corrected chi connectivity index (χ0v) is 19.2. The Morgan fingerprint density at radius 3 is 2.52 bits per heavy atom. The molecule has 0 unspecified atom stereocenters. The van der Waals surface area contributed by atoms with E-state index in [9.17, 15) is 0 Å². The van der Waals surface area contributed by atoms with E-state index >= 15 is 0 Å². The highest BCUT2D eigenvalue weighted by molar-refractivity contribution is 14.0. The molecule has 0 amide bonds. The quantitative estimate of drug-likeness (QED) is 0.293. The van der Waals surface area contributed by atoms with Gasteiger partial charge in [0, 0.05) is 45.5 Å². The second-order valence-electron chi connectivity index (χ2n) is 6.37. The number of halogens is 1. The number of guanidine groups is 1. The summed E-state index contributed by atoms with van der Waals surface area (Å²) >= 11 is 1.92. The van der Waals surface area contributed by atoms with E-state index in [2.05, 4.69) is 58.4 Å². The van der Waals surface area contributed by atoms with Gasteiger partial charge in [0.1, 0.15) is 0 Å². The topological polar surface area (TPSA) is 30.9 Å². The Balaban J connectivity index is 0.00000312. The van der Waals surface area contributed by atoms with Crippen molar-refractivity contribution in [2.45, 2.75) is 26.7 Å². The molecule has 0 aliphatic carbocycles. The molecular weight excluding hydrogens is 443 g/mol. The lowest BCUT2D eigenvalue weighted by Crippen LogP contribution is -2.52. The summed E-state index contributed by atoms with van der Waals surface area (Å²) in [6.07, 6.45) is 4.65. The third-order valence-electron chi connectivity index (χ3n) is 4.77. The zero-order valence-electron chi connectivity index (χ0n) is 16.0. The van der Waals surface area contributed by atoms with Crippen LogP contribution in [0.4, 0.5) is 5.69 Å². The maximum atomic E-state index is 4.47. The van der Waals surface area contributed by atoms with Gasteiger partial charge in [0.15, 0.2) is 5.96 Å². The van der Waals surface area contributed by atoms with Gasteiger partial charge in [-0.25, -0.2) is 0 Å². The number of hydrogen-bond donors (Lipinski definition) is 1. The van der Waals surface area contributed by atoms with E-state index in [-0.39, 0.29) is 24.0 Å². The minimum absolute atomic E-state index is 0. The first kappa shape index (κ1) is 22.4. The number of anilines is 1. The van der Waals surface area contributed by atoms with Gasteiger partial charge in [-0.2, -0.15) is 11.8 Å². The third-order valence-corrected chi connectivity index (χ3v) is 5.46. The molecule has 0 radical (unpaired) electrons. The van der Waals surface area contributed by atoms with Gasteiger partial charge in [-0.1, -0.05) is 12.1 Å². The van der Waals surface area contributed by atoms with Gasteiger partial charge >= 0.3 is 0 Å². The number of nitrogens with one attached hydrogen (secondary N) is 1. The van der Waals surface area contributed by atoms with Crippen LogP contribution in [0.25, 0.3) is 0 Å². The number of hydrogen-bond acceptors (Lipinski definition) is 3. The average molecular weight is 476 g/mol. The normalized spacial score (nSPS) is 15.1. The van der Waals surface area contributed by atoms with E-state index in [0.717, 1.165) is 38.7 Å². The van der Waals surface area contributed by atoms with E-state index in [0.29, 0.717) is 0 Å². The fraction of sp³-hybridized carbons (Fsp3) is 0.632. The second-order valence-corrected chi connectivity index (χ2v) is 7.35. The van der Waals surface area contributed by atoms with Gasteiger partial charge in [0.2, 0.25) is 0 Å². The van der Waals surface area contributed by atoms with Crippen LogP contribution >= 0.6 is 35.7 Å². The van der Waals surface area contributed by atoms with Crippen molar-refractivity contribution in [1.29, 1.82) is 0 Å². The molecule has 1 aromatic rings. The molecule has 1 fully saturated rings. The van der Waals surface area contributed by atoms with E-state index in [1.54, 1.807) is 0 Å². The number of unbranched alkanes of at least 4 members (excludes halogenated alkanes) is 1. The molecule has 0 bridgehead atoms. The highest BCUT2D eigenvalue weighted by Crippen LogP contribution is 2.23. The Labute approximate surface area is 174 Å². The van der Waals surface area contributed by atoms with Crippen LogP contribution in [0, 0.1) is 13.8 Å². The second kappa shape index (κ2) is 11.9. The summed E-state index contributed by atoms with van der Waals surface area (Å²) in [6, 6.07) is 6.60. The van der Waals surface area contributed by atoms with Crippen molar-refractivity contribution in [1.82, 2.24) is 10.2 Å². The predicted octanol–water partition coefficient (Wildman–Crippen LogP) is 3.76. The summed E-state index contributed by atoms with van der Waals surface area (Å²) in [4.78, 5) is 9.36. The fourth-order valence-electron chi connectivity index (χ4n) is 3.14. The molecule has 25 heavy (non-hydrogen) atoms. The molecule has 1 aliphatic heterocycles. The smallest absolute Gasteiger partial charge is 0.193 e. The Morgan fingerprint density at radius 1 is 1.16 bits per heavy atom. The largest absolute Gasteiger partial charge is 0.368 e. The van der Waals surface area contributed by atoms with Crippen LogP contribution in [-0.4, -0.2) is 62.6 Å². The summed E-state index contributed by atoms with van der Waals surface area (Å²) in [5.74, 6) is 2.30. The van der Waals surface area contributed by atoms with Crippen molar-refractivity contribution in [2.75, 3.05) is 56.7 Å². The Morgan fingerprint density at radius 2 is 1.88 bits per heavy atom. The van der Waals surface area contributed by atoms with E-state index in [4.69, 9.17) is 0 Å². The number of rotatable bonds is 6. The van der Waals surface area contributed by atoms with Crippen LogP contribution in [0.5, 0.6) is 0 Å². The van der Waals surface area contributed by atoms with Crippen LogP contribution in [0.1, 0.15) is 24.0 Å². The Kier molecular flexibility index (Phi) is 10.7. The number of aryl methyl sites for hydroxylation is 1. The average Bonchev–Trinajstić information content (AvgIpc) is 2.61. The molecule has 4 nitrogen and oxygen atoms in total. The van der Waals surface area contributed by atoms with E-state index in [1.807, 2.05) is 18.8 Å². The number of benzene rings is 1. The molecule has 1 heterocycles. The van der Waals surface area contributed by atoms with E-state index in [1.165, 1.54) is 35.4 Å². The summed E-state index contributed by atoms with van der Waals surface area (Å²) in [5, 5.41) is 3.52. The van der Waals surface area contributed by atoms with Crippen LogP contribution in [-0.2, 0) is 0 Å². The monoisotopic (exact) mass is 476 g/mol. The summed E-state index contributed by atoms with van der Waals surface area (Å²) in [5.41, 5.74) is 4.16. The van der Waals surface area contributed by atoms with E-state index < -0.39 is 0 Å². The van der Waals surface area contributed by atoms with Crippen molar-refractivity contribution in [3.8, 4) is 0 Å². The minimum atomic E-state index is 0. The van der Waals surface area contributed by atoms with Crippen LogP contribution in [0.15, 0.2) is 23.2 Å². The van der Waals surface area contributed by atoms with Gasteiger partial charge in [-0.15, -0.1) is 24.0 Å². The van der Waals surface area contributed by atoms with Gasteiger partial charge in [0.25, 0.3) is 0 Å². The molecular formula is C19H33IN4S. The number of nitrogens with zero attached hydrogens (tertiary/aromatic N) is 3. The molecule has 142 valence electrons. The first-order chi connectivity index (χ1) is 11.7. The van der Waals surface area contributed by atoms with Crippen molar-refractivity contribution < 1.29 is 0 Å². The summed E-state index contributed by atoms with van der Waals surface area (Å²) in [6.45, 7) is 9.60. The fourth-order valence-corrected chi connectivity index (χ4v) is 3.63. The molecule has 2 rings (SSSR count). The lowest BCUT2D eigenvalue weighted by molar-refractivity contribution is 0.372. The highest BCUT2D eigenvalue weighted by Gasteiger charge is 2.20. The van der Waals surface area contributed by atoms with Crippen molar-refractivity contribution in [2.24, 2.45) is 4.99 Å². The van der Waals surface area contributed by atoms with Crippen molar-refractivity contribution in [3.63, 3.8) is 0 Å². The number of piperazine rings is 1. The molecule has 6 heteroatoms. The predicted molar refractivity (Wildman–Crippen MR) is 124 cm³/mol.